The second kappa shape index (κ2) is 13.5. The van der Waals surface area contributed by atoms with E-state index in [4.69, 9.17) is 21.1 Å². The topological polar surface area (TPSA) is 89.0 Å². The fourth-order valence-corrected chi connectivity index (χ4v) is 3.77. The molecule has 0 bridgehead atoms. The monoisotopic (exact) mass is 521 g/mol. The molecule has 0 heterocycles. The molecule has 0 aliphatic carbocycles. The van der Waals surface area contributed by atoms with Gasteiger partial charge in [-0.2, -0.15) is 5.10 Å². The van der Waals surface area contributed by atoms with Crippen molar-refractivity contribution in [3.8, 4) is 11.5 Å². The van der Waals surface area contributed by atoms with Crippen LogP contribution in [0.5, 0.6) is 11.5 Å². The van der Waals surface area contributed by atoms with Crippen LogP contribution in [0.15, 0.2) is 71.8 Å². The Hall–Kier alpha value is -3.84. The summed E-state index contributed by atoms with van der Waals surface area (Å²) >= 11 is 5.90. The van der Waals surface area contributed by atoms with Gasteiger partial charge in [0.15, 0.2) is 11.5 Å². The van der Waals surface area contributed by atoms with Gasteiger partial charge in [0.05, 0.1) is 13.3 Å². The second-order valence-electron chi connectivity index (χ2n) is 9.08. The first-order valence-electron chi connectivity index (χ1n) is 12.0. The number of carbonyl (C=O) groups is 2. The molecule has 2 amide bonds. The first-order valence-corrected chi connectivity index (χ1v) is 12.4. The Kier molecular flexibility index (Phi) is 10.1. The molecule has 8 heteroatoms. The van der Waals surface area contributed by atoms with Crippen molar-refractivity contribution in [3.05, 3.63) is 94.0 Å². The van der Waals surface area contributed by atoms with Crippen LogP contribution in [-0.2, 0) is 11.4 Å². The Labute approximate surface area is 222 Å². The molecule has 0 fully saturated rings. The number of halogens is 1. The molecule has 7 nitrogen and oxygen atoms in total. The van der Waals surface area contributed by atoms with Gasteiger partial charge >= 0.3 is 0 Å². The summed E-state index contributed by atoms with van der Waals surface area (Å²) in [5, 5.41) is 7.40. The molecule has 0 saturated carbocycles. The zero-order valence-electron chi connectivity index (χ0n) is 21.5. The number of nitrogens with one attached hydrogen (secondary N) is 2. The number of aryl methyl sites for hydroxylation is 1. The average molecular weight is 522 g/mol. The van der Waals surface area contributed by atoms with Crippen molar-refractivity contribution in [1.82, 2.24) is 10.7 Å². The molecule has 37 heavy (non-hydrogen) atoms. The Morgan fingerprint density at radius 2 is 1.78 bits per heavy atom. The summed E-state index contributed by atoms with van der Waals surface area (Å²) in [6, 6.07) is 19.2. The van der Waals surface area contributed by atoms with E-state index in [-0.39, 0.29) is 11.8 Å². The molecule has 0 aliphatic rings. The minimum atomic E-state index is -0.743. The molecular weight excluding hydrogens is 490 g/mol. The van der Waals surface area contributed by atoms with Gasteiger partial charge in [-0.05, 0) is 72.9 Å². The van der Waals surface area contributed by atoms with Crippen LogP contribution in [-0.4, -0.2) is 31.2 Å². The zero-order valence-corrected chi connectivity index (χ0v) is 22.2. The third kappa shape index (κ3) is 8.65. The lowest BCUT2D eigenvalue weighted by Gasteiger charge is -2.19. The molecule has 0 aliphatic heterocycles. The number of rotatable bonds is 11. The van der Waals surface area contributed by atoms with Crippen LogP contribution >= 0.6 is 11.6 Å². The van der Waals surface area contributed by atoms with Gasteiger partial charge in [-0.25, -0.2) is 5.43 Å². The van der Waals surface area contributed by atoms with Gasteiger partial charge < -0.3 is 14.8 Å². The lowest BCUT2D eigenvalue weighted by molar-refractivity contribution is -0.123. The van der Waals surface area contributed by atoms with E-state index >= 15 is 0 Å². The fourth-order valence-electron chi connectivity index (χ4n) is 3.64. The van der Waals surface area contributed by atoms with E-state index in [0.29, 0.717) is 40.7 Å². The number of hydrogen-bond acceptors (Lipinski definition) is 5. The van der Waals surface area contributed by atoms with Gasteiger partial charge in [0.25, 0.3) is 11.8 Å². The molecule has 194 valence electrons. The predicted octanol–water partition coefficient (Wildman–Crippen LogP) is 5.53. The summed E-state index contributed by atoms with van der Waals surface area (Å²) in [5.41, 5.74) is 5.90. The van der Waals surface area contributed by atoms with Gasteiger partial charge in [-0.3, -0.25) is 9.59 Å². The van der Waals surface area contributed by atoms with E-state index < -0.39 is 11.9 Å². The summed E-state index contributed by atoms with van der Waals surface area (Å²) in [4.78, 5) is 25.4. The van der Waals surface area contributed by atoms with Crippen LogP contribution in [0.3, 0.4) is 0 Å². The van der Waals surface area contributed by atoms with Crippen LogP contribution in [0.1, 0.15) is 47.3 Å². The highest BCUT2D eigenvalue weighted by Gasteiger charge is 2.22. The quantitative estimate of drug-likeness (QED) is 0.256. The summed E-state index contributed by atoms with van der Waals surface area (Å²) in [5.74, 6) is 0.578. The van der Waals surface area contributed by atoms with E-state index in [1.54, 1.807) is 43.5 Å². The lowest BCUT2D eigenvalue weighted by Crippen LogP contribution is -2.46. The van der Waals surface area contributed by atoms with Crippen LogP contribution in [0, 0.1) is 12.8 Å². The maximum absolute atomic E-state index is 12.8. The Morgan fingerprint density at radius 1 is 1.03 bits per heavy atom. The Morgan fingerprint density at radius 3 is 2.46 bits per heavy atom. The number of amides is 2. The van der Waals surface area contributed by atoms with Gasteiger partial charge in [0.2, 0.25) is 0 Å². The number of methoxy groups -OCH3 is 1. The molecule has 3 aromatic carbocycles. The molecule has 1 unspecified atom stereocenters. The van der Waals surface area contributed by atoms with Gasteiger partial charge in [0.1, 0.15) is 12.6 Å². The number of hydrazone groups is 1. The maximum atomic E-state index is 12.8. The molecule has 0 spiro atoms. The highest BCUT2D eigenvalue weighted by Crippen LogP contribution is 2.28. The van der Waals surface area contributed by atoms with Crippen LogP contribution in [0.4, 0.5) is 0 Å². The Balaban J connectivity index is 1.62. The zero-order chi connectivity index (χ0) is 26.8. The van der Waals surface area contributed by atoms with E-state index in [1.807, 2.05) is 45.0 Å². The van der Waals surface area contributed by atoms with Crippen LogP contribution in [0.25, 0.3) is 0 Å². The number of ether oxygens (including phenoxy) is 2. The first-order chi connectivity index (χ1) is 17.7. The normalized spacial score (nSPS) is 11.8. The number of carbonyl (C=O) groups excluding carboxylic acids is 2. The molecule has 2 N–H and O–H groups in total. The van der Waals surface area contributed by atoms with Crippen molar-refractivity contribution in [2.24, 2.45) is 11.0 Å². The lowest BCUT2D eigenvalue weighted by atomic mass is 10.0. The van der Waals surface area contributed by atoms with E-state index in [9.17, 15) is 9.59 Å². The first kappa shape index (κ1) is 27.7. The predicted molar refractivity (Wildman–Crippen MR) is 146 cm³/mol. The summed E-state index contributed by atoms with van der Waals surface area (Å²) < 4.78 is 11.4. The highest BCUT2D eigenvalue weighted by atomic mass is 35.5. The van der Waals surface area contributed by atoms with Crippen molar-refractivity contribution >= 4 is 29.6 Å². The van der Waals surface area contributed by atoms with Crippen molar-refractivity contribution < 1.29 is 19.1 Å². The van der Waals surface area contributed by atoms with Crippen LogP contribution < -0.4 is 20.2 Å². The minimum absolute atomic E-state index is 0.182. The van der Waals surface area contributed by atoms with Crippen molar-refractivity contribution in [2.75, 3.05) is 7.11 Å². The molecule has 3 rings (SSSR count). The Bertz CT molecular complexity index is 1240. The van der Waals surface area contributed by atoms with Crippen molar-refractivity contribution in [2.45, 2.75) is 39.8 Å². The van der Waals surface area contributed by atoms with E-state index in [2.05, 4.69) is 21.9 Å². The SMILES string of the molecule is COc1cc(C=NNC(=O)C(CC(C)C)NC(=O)c2ccc(Cl)cc2)ccc1OCc1cccc(C)c1. The molecule has 0 radical (unpaired) electrons. The number of hydrogen-bond donors (Lipinski definition) is 2. The number of nitrogens with zero attached hydrogens (tertiary/aromatic N) is 1. The number of benzene rings is 3. The molecule has 0 saturated heterocycles. The van der Waals surface area contributed by atoms with Gasteiger partial charge in [-0.15, -0.1) is 0 Å². The second-order valence-corrected chi connectivity index (χ2v) is 9.52. The third-order valence-corrected chi connectivity index (χ3v) is 5.74. The van der Waals surface area contributed by atoms with Crippen LogP contribution in [0.2, 0.25) is 5.02 Å². The minimum Gasteiger partial charge on any atom is -0.493 e. The van der Waals surface area contributed by atoms with E-state index in [0.717, 1.165) is 5.56 Å². The third-order valence-electron chi connectivity index (χ3n) is 5.49. The standard InChI is InChI=1S/C29H32ClN3O4/c1-19(2)14-25(32-28(34)23-9-11-24(30)12-10-23)29(35)33-31-17-21-8-13-26(27(16-21)36-4)37-18-22-7-5-6-20(3)15-22/h5-13,15-17,19,25H,14,18H2,1-4H3,(H,32,34)(H,33,35). The molecular formula is C29H32ClN3O4. The molecule has 1 atom stereocenters. The van der Waals surface area contributed by atoms with Gasteiger partial charge in [-0.1, -0.05) is 55.3 Å². The van der Waals surface area contributed by atoms with Crippen molar-refractivity contribution in [1.29, 1.82) is 0 Å². The molecule has 0 aromatic heterocycles. The van der Waals surface area contributed by atoms with E-state index in [1.165, 1.54) is 11.8 Å². The maximum Gasteiger partial charge on any atom is 0.262 e. The molecule has 3 aromatic rings. The summed E-state index contributed by atoms with van der Waals surface area (Å²) in [6.45, 7) is 6.41. The smallest absolute Gasteiger partial charge is 0.262 e. The summed E-state index contributed by atoms with van der Waals surface area (Å²) in [6.07, 6.45) is 1.97. The summed E-state index contributed by atoms with van der Waals surface area (Å²) in [7, 11) is 1.57. The fraction of sp³-hybridized carbons (Fsp3) is 0.276. The van der Waals surface area contributed by atoms with Gasteiger partial charge in [0, 0.05) is 10.6 Å². The largest absolute Gasteiger partial charge is 0.493 e. The average Bonchev–Trinajstić information content (AvgIpc) is 2.87. The highest BCUT2D eigenvalue weighted by molar-refractivity contribution is 6.30. The van der Waals surface area contributed by atoms with Crippen molar-refractivity contribution in [3.63, 3.8) is 0 Å².